The van der Waals surface area contributed by atoms with Gasteiger partial charge in [-0.3, -0.25) is 4.79 Å². The molecule has 6 nitrogen and oxygen atoms in total. The Morgan fingerprint density at radius 3 is 2.77 bits per heavy atom. The fourth-order valence-electron chi connectivity index (χ4n) is 2.42. The molecule has 0 unspecified atom stereocenters. The third kappa shape index (κ3) is 3.39. The molecule has 1 aromatic carbocycles. The predicted octanol–water partition coefficient (Wildman–Crippen LogP) is 1.85. The van der Waals surface area contributed by atoms with Gasteiger partial charge in [-0.1, -0.05) is 36.4 Å². The second-order valence-electron chi connectivity index (χ2n) is 5.35. The maximum atomic E-state index is 12.3. The van der Waals surface area contributed by atoms with E-state index in [4.69, 9.17) is 0 Å². The van der Waals surface area contributed by atoms with E-state index in [-0.39, 0.29) is 12.5 Å². The van der Waals surface area contributed by atoms with Crippen LogP contribution in [0.3, 0.4) is 0 Å². The Morgan fingerprint density at radius 2 is 2.09 bits per heavy atom. The summed E-state index contributed by atoms with van der Waals surface area (Å²) in [6.07, 6.45) is 5.98. The Bertz CT molecular complexity index is 660. The lowest BCUT2D eigenvalue weighted by atomic mass is 10.2. The molecule has 0 N–H and O–H groups in total. The van der Waals surface area contributed by atoms with E-state index < -0.39 is 0 Å². The number of carbonyl (C=O) groups is 1. The van der Waals surface area contributed by atoms with Crippen LogP contribution in [0, 0.1) is 0 Å². The average molecular weight is 297 g/mol. The van der Waals surface area contributed by atoms with Crippen LogP contribution in [0.1, 0.15) is 31.2 Å². The molecule has 22 heavy (non-hydrogen) atoms. The molecule has 1 aliphatic carbocycles. The van der Waals surface area contributed by atoms with E-state index in [9.17, 15) is 4.79 Å². The normalized spacial score (nSPS) is 14.4. The number of hydrogen-bond donors (Lipinski definition) is 0. The molecule has 0 radical (unpaired) electrons. The Morgan fingerprint density at radius 1 is 1.32 bits per heavy atom. The van der Waals surface area contributed by atoms with Gasteiger partial charge in [0.2, 0.25) is 5.91 Å². The van der Waals surface area contributed by atoms with Crippen molar-refractivity contribution in [1.29, 1.82) is 0 Å². The molecule has 6 heteroatoms. The minimum atomic E-state index is 0.0756. The molecule has 2 aromatic rings. The summed E-state index contributed by atoms with van der Waals surface area (Å²) in [6.45, 7) is 2.93. The summed E-state index contributed by atoms with van der Waals surface area (Å²) in [6, 6.07) is 10.3. The lowest BCUT2D eigenvalue weighted by Crippen LogP contribution is -2.35. The van der Waals surface area contributed by atoms with Crippen LogP contribution in [-0.2, 0) is 11.3 Å². The summed E-state index contributed by atoms with van der Waals surface area (Å²) in [5.41, 5.74) is 1.07. The molecule has 3 rings (SSSR count). The van der Waals surface area contributed by atoms with Gasteiger partial charge in [0.25, 0.3) is 0 Å². The van der Waals surface area contributed by atoms with Gasteiger partial charge in [0.05, 0.1) is 0 Å². The van der Waals surface area contributed by atoms with Crippen LogP contribution in [0.5, 0.6) is 0 Å². The summed E-state index contributed by atoms with van der Waals surface area (Å²) in [5.74, 6) is 0.663. The van der Waals surface area contributed by atoms with Crippen LogP contribution < -0.4 is 0 Å². The maximum Gasteiger partial charge on any atom is 0.244 e. The van der Waals surface area contributed by atoms with Crippen molar-refractivity contribution < 1.29 is 4.79 Å². The Balaban J connectivity index is 1.69. The van der Waals surface area contributed by atoms with E-state index in [1.807, 2.05) is 54.3 Å². The third-order valence-corrected chi connectivity index (χ3v) is 3.72. The topological polar surface area (TPSA) is 63.9 Å². The van der Waals surface area contributed by atoms with Crippen molar-refractivity contribution in [1.82, 2.24) is 25.1 Å². The minimum absolute atomic E-state index is 0.0756. The summed E-state index contributed by atoms with van der Waals surface area (Å²) in [7, 11) is 0. The third-order valence-electron chi connectivity index (χ3n) is 3.72. The van der Waals surface area contributed by atoms with Gasteiger partial charge in [0.15, 0.2) is 5.82 Å². The summed E-state index contributed by atoms with van der Waals surface area (Å²) in [4.78, 5) is 14.2. The average Bonchev–Trinajstić information content (AvgIpc) is 3.27. The van der Waals surface area contributed by atoms with Crippen LogP contribution >= 0.6 is 0 Å². The van der Waals surface area contributed by atoms with Crippen LogP contribution in [0.4, 0.5) is 0 Å². The maximum absolute atomic E-state index is 12.3. The van der Waals surface area contributed by atoms with Crippen LogP contribution in [-0.4, -0.2) is 43.6 Å². The Labute approximate surface area is 129 Å². The fraction of sp³-hybridized carbons (Fsp3) is 0.375. The number of benzene rings is 1. The molecule has 1 aromatic heterocycles. The highest BCUT2D eigenvalue weighted by Gasteiger charge is 2.31. The standard InChI is InChI=1S/C16H19N5O/c1-2-20(14-9-10-14)16(22)12-21-15(17-18-19-21)11-8-13-6-4-3-5-7-13/h3-8,11,14H,2,9-10,12H2,1H3/b11-8+. The molecule has 1 aliphatic rings. The van der Waals surface area contributed by atoms with Gasteiger partial charge in [-0.15, -0.1) is 5.10 Å². The van der Waals surface area contributed by atoms with Crippen molar-refractivity contribution in [3.63, 3.8) is 0 Å². The minimum Gasteiger partial charge on any atom is -0.338 e. The number of nitrogens with zero attached hydrogens (tertiary/aromatic N) is 5. The quantitative estimate of drug-likeness (QED) is 0.816. The highest BCUT2D eigenvalue weighted by Crippen LogP contribution is 2.26. The molecule has 0 aliphatic heterocycles. The van der Waals surface area contributed by atoms with Crippen molar-refractivity contribution in [2.45, 2.75) is 32.4 Å². The molecule has 0 atom stereocenters. The zero-order valence-electron chi connectivity index (χ0n) is 12.6. The molecule has 1 fully saturated rings. The van der Waals surface area contributed by atoms with Crippen molar-refractivity contribution >= 4 is 18.1 Å². The smallest absolute Gasteiger partial charge is 0.244 e. The van der Waals surface area contributed by atoms with E-state index in [1.54, 1.807) is 4.68 Å². The molecule has 0 spiro atoms. The SMILES string of the molecule is CCN(C(=O)Cn1nnnc1/C=C/c1ccccc1)C1CC1. The molecular weight excluding hydrogens is 278 g/mol. The first-order chi connectivity index (χ1) is 10.8. The molecule has 1 heterocycles. The summed E-state index contributed by atoms with van der Waals surface area (Å²) < 4.78 is 1.55. The first kappa shape index (κ1) is 14.4. The number of amides is 1. The van der Waals surface area contributed by atoms with Crippen LogP contribution in [0.15, 0.2) is 30.3 Å². The molecule has 1 saturated carbocycles. The molecular formula is C16H19N5O. The second-order valence-corrected chi connectivity index (χ2v) is 5.35. The number of rotatable bonds is 6. The van der Waals surface area contributed by atoms with Gasteiger partial charge in [-0.2, -0.15) is 0 Å². The predicted molar refractivity (Wildman–Crippen MR) is 83.6 cm³/mol. The van der Waals surface area contributed by atoms with E-state index >= 15 is 0 Å². The Hall–Kier alpha value is -2.50. The Kier molecular flexibility index (Phi) is 4.27. The fourth-order valence-corrected chi connectivity index (χ4v) is 2.42. The largest absolute Gasteiger partial charge is 0.338 e. The van der Waals surface area contributed by atoms with Gasteiger partial charge in [0, 0.05) is 12.6 Å². The zero-order valence-corrected chi connectivity index (χ0v) is 12.6. The van der Waals surface area contributed by atoms with Crippen molar-refractivity contribution in [3.05, 3.63) is 41.7 Å². The number of hydrogen-bond acceptors (Lipinski definition) is 4. The van der Waals surface area contributed by atoms with Crippen molar-refractivity contribution in [2.24, 2.45) is 0 Å². The molecule has 0 bridgehead atoms. The first-order valence-electron chi connectivity index (χ1n) is 7.56. The van der Waals surface area contributed by atoms with Crippen LogP contribution in [0.2, 0.25) is 0 Å². The molecule has 114 valence electrons. The van der Waals surface area contributed by atoms with Gasteiger partial charge in [0.1, 0.15) is 6.54 Å². The van der Waals surface area contributed by atoms with Crippen LogP contribution in [0.25, 0.3) is 12.2 Å². The van der Waals surface area contributed by atoms with E-state index in [1.165, 1.54) is 0 Å². The number of tetrazole rings is 1. The zero-order chi connectivity index (χ0) is 15.4. The van der Waals surface area contributed by atoms with Gasteiger partial charge in [-0.25, -0.2) is 4.68 Å². The summed E-state index contributed by atoms with van der Waals surface area (Å²) in [5, 5.41) is 11.6. The summed E-state index contributed by atoms with van der Waals surface area (Å²) >= 11 is 0. The number of aromatic nitrogens is 4. The number of carbonyl (C=O) groups excluding carboxylic acids is 1. The second kappa shape index (κ2) is 6.51. The van der Waals surface area contributed by atoms with Crippen molar-refractivity contribution in [3.8, 4) is 0 Å². The van der Waals surface area contributed by atoms with E-state index in [0.29, 0.717) is 11.9 Å². The lowest BCUT2D eigenvalue weighted by molar-refractivity contribution is -0.132. The highest BCUT2D eigenvalue weighted by atomic mass is 16.2. The van der Waals surface area contributed by atoms with E-state index in [0.717, 1.165) is 24.9 Å². The molecule has 1 amide bonds. The monoisotopic (exact) mass is 297 g/mol. The number of likely N-dealkylation sites (N-methyl/N-ethyl adjacent to an activating group) is 1. The van der Waals surface area contributed by atoms with Gasteiger partial charge < -0.3 is 4.90 Å². The van der Waals surface area contributed by atoms with Gasteiger partial charge >= 0.3 is 0 Å². The van der Waals surface area contributed by atoms with Gasteiger partial charge in [-0.05, 0) is 41.8 Å². The highest BCUT2D eigenvalue weighted by molar-refractivity contribution is 5.77. The lowest BCUT2D eigenvalue weighted by Gasteiger charge is -2.20. The van der Waals surface area contributed by atoms with Crippen molar-refractivity contribution in [2.75, 3.05) is 6.54 Å². The molecule has 0 saturated heterocycles. The first-order valence-corrected chi connectivity index (χ1v) is 7.56. The van der Waals surface area contributed by atoms with E-state index in [2.05, 4.69) is 15.5 Å².